The van der Waals surface area contributed by atoms with Gasteiger partial charge in [0.25, 0.3) is 0 Å². The Balaban J connectivity index is 0.947. The van der Waals surface area contributed by atoms with E-state index in [1.54, 1.807) is 7.05 Å². The fourth-order valence-corrected chi connectivity index (χ4v) is 12.3. The van der Waals surface area contributed by atoms with Crippen LogP contribution in [0.25, 0.3) is 0 Å². The Morgan fingerprint density at radius 1 is 1.00 bits per heavy atom. The van der Waals surface area contributed by atoms with Crippen molar-refractivity contribution in [2.75, 3.05) is 26.7 Å². The smallest absolute Gasteiger partial charge is 0.223 e. The molecule has 6 saturated carbocycles. The molecule has 43 heavy (non-hydrogen) atoms. The molecule has 0 aromatic heterocycles. The summed E-state index contributed by atoms with van der Waals surface area (Å²) in [6.45, 7) is 6.70. The van der Waals surface area contributed by atoms with Crippen molar-refractivity contribution >= 4 is 11.8 Å². The van der Waals surface area contributed by atoms with Gasteiger partial charge in [0.1, 0.15) is 0 Å². The van der Waals surface area contributed by atoms with Gasteiger partial charge in [-0.25, -0.2) is 0 Å². The molecule has 0 radical (unpaired) electrons. The van der Waals surface area contributed by atoms with E-state index < -0.39 is 0 Å². The second-order valence-corrected chi connectivity index (χ2v) is 16.2. The Labute approximate surface area is 258 Å². The summed E-state index contributed by atoms with van der Waals surface area (Å²) in [5.74, 6) is 3.87. The highest BCUT2D eigenvalue weighted by atomic mass is 16.7. The zero-order valence-corrected chi connectivity index (χ0v) is 26.8. The molecule has 8 fully saturated rings. The number of ether oxygens (including phenoxy) is 3. The second kappa shape index (κ2) is 10.6. The zero-order chi connectivity index (χ0) is 29.6. The first kappa shape index (κ1) is 29.0. The summed E-state index contributed by atoms with van der Waals surface area (Å²) >= 11 is 0. The van der Waals surface area contributed by atoms with E-state index in [-0.39, 0.29) is 30.3 Å². The average Bonchev–Trinajstić information content (AvgIpc) is 3.92. The summed E-state index contributed by atoms with van der Waals surface area (Å²) in [4.78, 5) is 26.9. The van der Waals surface area contributed by atoms with Crippen molar-refractivity contribution < 1.29 is 23.8 Å². The molecule has 11 atom stereocenters. The normalized spacial score (nSPS) is 49.3. The molecule has 8 aliphatic rings. The van der Waals surface area contributed by atoms with Gasteiger partial charge in [0.05, 0.1) is 37.9 Å². The maximum absolute atomic E-state index is 12.8. The molecule has 2 aliphatic heterocycles. The van der Waals surface area contributed by atoms with Crippen LogP contribution in [0.2, 0.25) is 0 Å². The summed E-state index contributed by atoms with van der Waals surface area (Å²) in [5, 5.41) is 2.80. The predicted molar refractivity (Wildman–Crippen MR) is 163 cm³/mol. The highest BCUT2D eigenvalue weighted by molar-refractivity contribution is 5.77. The summed E-state index contributed by atoms with van der Waals surface area (Å²) in [6, 6.07) is 0. The second-order valence-electron chi connectivity index (χ2n) is 16.2. The Morgan fingerprint density at radius 2 is 1.84 bits per heavy atom. The lowest BCUT2D eigenvalue weighted by Crippen LogP contribution is -2.51. The number of fused-ring (bicyclic) bond motifs is 4. The quantitative estimate of drug-likeness (QED) is 0.404. The van der Waals surface area contributed by atoms with Gasteiger partial charge in [-0.1, -0.05) is 13.0 Å². The molecule has 2 saturated heterocycles. The van der Waals surface area contributed by atoms with Gasteiger partial charge in [0.15, 0.2) is 6.29 Å². The molecule has 11 unspecified atom stereocenters. The largest absolute Gasteiger partial charge is 0.374 e. The zero-order valence-electron chi connectivity index (χ0n) is 26.8. The molecule has 7 nitrogen and oxygen atoms in total. The fraction of sp³-hybridized carbons (Fsp3) is 0.889. The predicted octanol–water partition coefficient (Wildman–Crippen LogP) is 5.62. The van der Waals surface area contributed by atoms with Crippen molar-refractivity contribution in [2.24, 2.45) is 45.8 Å². The van der Waals surface area contributed by atoms with Crippen LogP contribution in [0.4, 0.5) is 0 Å². The van der Waals surface area contributed by atoms with Crippen molar-refractivity contribution in [1.82, 2.24) is 10.2 Å². The van der Waals surface area contributed by atoms with Gasteiger partial charge in [0.2, 0.25) is 11.8 Å². The highest BCUT2D eigenvalue weighted by Crippen LogP contribution is 2.86. The van der Waals surface area contributed by atoms with Gasteiger partial charge >= 0.3 is 0 Å². The van der Waals surface area contributed by atoms with E-state index in [2.05, 4.69) is 25.2 Å². The highest BCUT2D eigenvalue weighted by Gasteiger charge is 2.79. The number of hydrogen-bond acceptors (Lipinski definition) is 5. The van der Waals surface area contributed by atoms with Crippen LogP contribution in [0.1, 0.15) is 104 Å². The summed E-state index contributed by atoms with van der Waals surface area (Å²) in [6.07, 6.45) is 18.8. The van der Waals surface area contributed by atoms with Crippen LogP contribution in [0, 0.1) is 45.8 Å². The van der Waals surface area contributed by atoms with Crippen LogP contribution in [0.5, 0.6) is 0 Å². The van der Waals surface area contributed by atoms with Crippen LogP contribution in [-0.2, 0) is 23.8 Å². The minimum absolute atomic E-state index is 0.0889. The van der Waals surface area contributed by atoms with Gasteiger partial charge in [-0.15, -0.1) is 0 Å². The SMILES string of the molecule is C/C=C1\C(OC2CN(C(=O)CC3CC3)CCO2)CCC23CC24CCC2(C)C5CCC(CC(=O)NC)OC5CC2C4CCC13. The van der Waals surface area contributed by atoms with Crippen molar-refractivity contribution in [1.29, 1.82) is 0 Å². The van der Waals surface area contributed by atoms with E-state index in [1.165, 1.54) is 69.8 Å². The molecule has 1 N–H and O–H groups in total. The Morgan fingerprint density at radius 3 is 2.63 bits per heavy atom. The molecular formula is C36H54N2O5. The Kier molecular flexibility index (Phi) is 7.12. The van der Waals surface area contributed by atoms with Gasteiger partial charge in [0, 0.05) is 20.0 Å². The van der Waals surface area contributed by atoms with Crippen molar-refractivity contribution in [3.05, 3.63) is 11.6 Å². The molecule has 2 heterocycles. The van der Waals surface area contributed by atoms with Gasteiger partial charge in [-0.3, -0.25) is 9.59 Å². The Bertz CT molecular complexity index is 1170. The lowest BCUT2D eigenvalue weighted by molar-refractivity contribution is -0.205. The fourth-order valence-electron chi connectivity index (χ4n) is 12.3. The monoisotopic (exact) mass is 594 g/mol. The molecule has 2 amide bonds. The van der Waals surface area contributed by atoms with Crippen LogP contribution < -0.4 is 5.32 Å². The molecule has 7 heteroatoms. The number of hydrogen-bond donors (Lipinski definition) is 1. The maximum Gasteiger partial charge on any atom is 0.223 e. The third-order valence-corrected chi connectivity index (χ3v) is 14.5. The third-order valence-electron chi connectivity index (χ3n) is 14.5. The van der Waals surface area contributed by atoms with Gasteiger partial charge in [-0.05, 0) is 135 Å². The van der Waals surface area contributed by atoms with E-state index in [0.29, 0.717) is 72.6 Å². The lowest BCUT2D eigenvalue weighted by atomic mass is 9.49. The summed E-state index contributed by atoms with van der Waals surface area (Å²) in [5.41, 5.74) is 2.87. The van der Waals surface area contributed by atoms with E-state index in [0.717, 1.165) is 24.7 Å². The minimum atomic E-state index is -0.306. The first-order valence-corrected chi connectivity index (χ1v) is 17.9. The first-order chi connectivity index (χ1) is 20.8. The molecule has 2 spiro atoms. The van der Waals surface area contributed by atoms with Gasteiger partial charge in [-0.2, -0.15) is 0 Å². The lowest BCUT2D eigenvalue weighted by Gasteiger charge is -2.56. The standard InChI is InChI=1S/C36H54N2O5/c1-4-24-25-9-10-26-28-19-30-27(8-7-23(42-30)18-31(39)37-3)34(28,2)13-14-36(26)21-35(25,36)12-11-29(24)43-33-20-38(15-16-41-33)32(40)17-22-5-6-22/h4,22-23,25-30,33H,5-21H2,1-3H3,(H,37,39)/b24-4-. The average molecular weight is 595 g/mol. The van der Waals surface area contributed by atoms with E-state index >= 15 is 0 Å². The number of nitrogens with zero attached hydrogens (tertiary/aromatic N) is 1. The Hall–Kier alpha value is -1.44. The molecular weight excluding hydrogens is 540 g/mol. The molecule has 238 valence electrons. The number of carbonyl (C=O) groups excluding carboxylic acids is 2. The van der Waals surface area contributed by atoms with Crippen LogP contribution in [-0.4, -0.2) is 68.1 Å². The summed E-state index contributed by atoms with van der Waals surface area (Å²) in [7, 11) is 1.73. The number of allylic oxidation sites excluding steroid dienone is 1. The summed E-state index contributed by atoms with van der Waals surface area (Å²) < 4.78 is 19.6. The maximum atomic E-state index is 12.8. The topological polar surface area (TPSA) is 77.1 Å². The number of amides is 2. The van der Waals surface area contributed by atoms with Crippen molar-refractivity contribution in [3.63, 3.8) is 0 Å². The first-order valence-electron chi connectivity index (χ1n) is 17.9. The molecule has 6 aliphatic carbocycles. The van der Waals surface area contributed by atoms with Crippen LogP contribution in [0.15, 0.2) is 11.6 Å². The number of rotatable bonds is 6. The van der Waals surface area contributed by atoms with Crippen LogP contribution >= 0.6 is 0 Å². The number of carbonyl (C=O) groups is 2. The number of nitrogens with one attached hydrogen (secondary N) is 1. The molecule has 0 aromatic carbocycles. The van der Waals surface area contributed by atoms with Crippen molar-refractivity contribution in [2.45, 2.75) is 128 Å². The van der Waals surface area contributed by atoms with E-state index in [4.69, 9.17) is 14.2 Å². The number of morpholine rings is 1. The van der Waals surface area contributed by atoms with E-state index in [9.17, 15) is 9.59 Å². The van der Waals surface area contributed by atoms with E-state index in [1.807, 2.05) is 4.90 Å². The van der Waals surface area contributed by atoms with Crippen molar-refractivity contribution in [3.8, 4) is 0 Å². The van der Waals surface area contributed by atoms with Crippen LogP contribution in [0.3, 0.4) is 0 Å². The van der Waals surface area contributed by atoms with Gasteiger partial charge < -0.3 is 24.4 Å². The molecule has 0 aromatic rings. The minimum Gasteiger partial charge on any atom is -0.374 e. The molecule has 8 rings (SSSR count). The molecule has 0 bridgehead atoms. The third kappa shape index (κ3) is 4.52.